The molecule has 1 aromatic rings. The molecule has 2 atom stereocenters. The molecule has 2 heterocycles. The second-order valence-corrected chi connectivity index (χ2v) is 7.95. The molecule has 3 rings (SSSR count). The van der Waals surface area contributed by atoms with Crippen molar-refractivity contribution in [3.05, 3.63) is 24.3 Å². The van der Waals surface area contributed by atoms with Crippen LogP contribution in [0.15, 0.2) is 24.3 Å². The Bertz CT molecular complexity index is 689. The number of benzene rings is 1. The fraction of sp³-hybridized carbons (Fsp3) is 0.600. The summed E-state index contributed by atoms with van der Waals surface area (Å²) >= 11 is 0. The number of carbonyl (C=O) groups excluding carboxylic acids is 2. The van der Waals surface area contributed by atoms with Crippen LogP contribution < -0.4 is 15.4 Å². The summed E-state index contributed by atoms with van der Waals surface area (Å²) in [6.07, 6.45) is 1.05. The molecule has 0 radical (unpaired) electrons. The third-order valence-corrected chi connectivity index (χ3v) is 5.55. The van der Waals surface area contributed by atoms with E-state index in [0.717, 1.165) is 12.1 Å². The second kappa shape index (κ2) is 7.27. The monoisotopic (exact) mass is 359 g/mol. The molecule has 2 saturated heterocycles. The van der Waals surface area contributed by atoms with E-state index in [1.165, 1.54) is 0 Å². The highest BCUT2D eigenvalue weighted by Crippen LogP contribution is 2.35. The molecule has 142 valence electrons. The summed E-state index contributed by atoms with van der Waals surface area (Å²) in [5, 5.41) is 0. The van der Waals surface area contributed by atoms with E-state index < -0.39 is 0 Å². The van der Waals surface area contributed by atoms with Gasteiger partial charge in [0.1, 0.15) is 5.75 Å². The maximum absolute atomic E-state index is 13.0. The van der Waals surface area contributed by atoms with Gasteiger partial charge in [0.15, 0.2) is 0 Å². The fourth-order valence-electron chi connectivity index (χ4n) is 3.88. The summed E-state index contributed by atoms with van der Waals surface area (Å²) in [5.41, 5.74) is 6.83. The lowest BCUT2D eigenvalue weighted by Crippen LogP contribution is -2.55. The largest absolute Gasteiger partial charge is 0.492 e. The molecule has 6 heteroatoms. The number of nitrogens with zero attached hydrogens (tertiary/aromatic N) is 2. The molecule has 2 fully saturated rings. The van der Waals surface area contributed by atoms with E-state index in [1.807, 2.05) is 36.1 Å². The van der Waals surface area contributed by atoms with Crippen molar-refractivity contribution in [3.63, 3.8) is 0 Å². The number of anilines is 1. The predicted octanol–water partition coefficient (Wildman–Crippen LogP) is 2.02. The van der Waals surface area contributed by atoms with Crippen LogP contribution in [0.1, 0.15) is 33.6 Å². The van der Waals surface area contributed by atoms with Gasteiger partial charge >= 0.3 is 0 Å². The lowest BCUT2D eigenvalue weighted by atomic mass is 9.79. The van der Waals surface area contributed by atoms with Gasteiger partial charge in [0.2, 0.25) is 11.8 Å². The first-order chi connectivity index (χ1) is 12.3. The Balaban J connectivity index is 1.73. The van der Waals surface area contributed by atoms with Crippen molar-refractivity contribution in [2.45, 2.75) is 39.7 Å². The summed E-state index contributed by atoms with van der Waals surface area (Å²) in [4.78, 5) is 29.2. The van der Waals surface area contributed by atoms with Crippen LogP contribution >= 0.6 is 0 Å². The van der Waals surface area contributed by atoms with E-state index in [1.54, 1.807) is 4.90 Å². The zero-order valence-corrected chi connectivity index (χ0v) is 15.9. The number of para-hydroxylation sites is 2. The van der Waals surface area contributed by atoms with E-state index in [2.05, 4.69) is 13.8 Å². The summed E-state index contributed by atoms with van der Waals surface area (Å²) in [6.45, 7) is 8.37. The van der Waals surface area contributed by atoms with Gasteiger partial charge in [0, 0.05) is 32.1 Å². The number of rotatable bonds is 4. The topological polar surface area (TPSA) is 75.9 Å². The molecule has 2 aliphatic heterocycles. The van der Waals surface area contributed by atoms with Crippen molar-refractivity contribution in [1.29, 1.82) is 0 Å². The average molecular weight is 359 g/mol. The van der Waals surface area contributed by atoms with Crippen LogP contribution in [0.2, 0.25) is 0 Å². The van der Waals surface area contributed by atoms with Crippen molar-refractivity contribution in [2.75, 3.05) is 31.1 Å². The molecule has 6 nitrogen and oxygen atoms in total. The fourth-order valence-corrected chi connectivity index (χ4v) is 3.88. The Labute approximate surface area is 155 Å². The third-order valence-electron chi connectivity index (χ3n) is 5.55. The molecule has 1 aromatic carbocycles. The summed E-state index contributed by atoms with van der Waals surface area (Å²) in [7, 11) is 0. The predicted molar refractivity (Wildman–Crippen MR) is 101 cm³/mol. The van der Waals surface area contributed by atoms with E-state index in [-0.39, 0.29) is 35.6 Å². The molecule has 2 unspecified atom stereocenters. The van der Waals surface area contributed by atoms with Gasteiger partial charge < -0.3 is 20.3 Å². The van der Waals surface area contributed by atoms with Crippen LogP contribution in [0.25, 0.3) is 0 Å². The summed E-state index contributed by atoms with van der Waals surface area (Å²) < 4.78 is 5.65. The maximum Gasteiger partial charge on any atom is 0.228 e. The van der Waals surface area contributed by atoms with Gasteiger partial charge in [-0.25, -0.2) is 0 Å². The highest BCUT2D eigenvalue weighted by atomic mass is 16.5. The minimum absolute atomic E-state index is 0.0246. The standard InChI is InChI=1S/C20H29N3O3/c1-4-26-16-8-6-5-7-15(16)23-12-14(11-18(23)24)19(25)22-10-9-17(21)20(2,3)13-22/h5-8,14,17H,4,9-13,21H2,1-3H3. The Morgan fingerprint density at radius 1 is 1.35 bits per heavy atom. The molecule has 0 saturated carbocycles. The van der Waals surface area contributed by atoms with Crippen LogP contribution in [-0.2, 0) is 9.59 Å². The highest BCUT2D eigenvalue weighted by Gasteiger charge is 2.41. The Hall–Kier alpha value is -2.08. The van der Waals surface area contributed by atoms with E-state index >= 15 is 0 Å². The van der Waals surface area contributed by atoms with Crippen LogP contribution in [0.5, 0.6) is 5.75 Å². The van der Waals surface area contributed by atoms with Crippen LogP contribution in [0, 0.1) is 11.3 Å². The Kier molecular flexibility index (Phi) is 5.23. The molecule has 26 heavy (non-hydrogen) atoms. The first-order valence-corrected chi connectivity index (χ1v) is 9.40. The van der Waals surface area contributed by atoms with Gasteiger partial charge in [0.05, 0.1) is 18.2 Å². The zero-order valence-electron chi connectivity index (χ0n) is 15.9. The SMILES string of the molecule is CCOc1ccccc1N1CC(C(=O)N2CCC(N)C(C)(C)C2)CC1=O. The van der Waals surface area contributed by atoms with Gasteiger partial charge in [-0.2, -0.15) is 0 Å². The van der Waals surface area contributed by atoms with Gasteiger partial charge in [-0.1, -0.05) is 26.0 Å². The number of nitrogens with two attached hydrogens (primary N) is 1. The Morgan fingerprint density at radius 2 is 2.08 bits per heavy atom. The lowest BCUT2D eigenvalue weighted by molar-refractivity contribution is -0.139. The molecular formula is C20H29N3O3. The number of hydrogen-bond donors (Lipinski definition) is 1. The normalized spacial score (nSPS) is 25.5. The summed E-state index contributed by atoms with van der Waals surface area (Å²) in [6, 6.07) is 7.60. The lowest BCUT2D eigenvalue weighted by Gasteiger charge is -2.43. The molecule has 0 aromatic heterocycles. The minimum Gasteiger partial charge on any atom is -0.492 e. The molecule has 0 spiro atoms. The molecule has 2 amide bonds. The number of likely N-dealkylation sites (tertiary alicyclic amines) is 1. The third kappa shape index (κ3) is 3.56. The van der Waals surface area contributed by atoms with Crippen molar-refractivity contribution in [1.82, 2.24) is 4.90 Å². The van der Waals surface area contributed by atoms with Crippen LogP contribution in [-0.4, -0.2) is 49.0 Å². The van der Waals surface area contributed by atoms with Crippen molar-refractivity contribution in [3.8, 4) is 5.75 Å². The zero-order chi connectivity index (χ0) is 18.9. The highest BCUT2D eigenvalue weighted by molar-refractivity contribution is 6.01. The van der Waals surface area contributed by atoms with Crippen molar-refractivity contribution >= 4 is 17.5 Å². The summed E-state index contributed by atoms with van der Waals surface area (Å²) in [5.74, 6) is 0.419. The smallest absolute Gasteiger partial charge is 0.228 e. The first kappa shape index (κ1) is 18.7. The first-order valence-electron chi connectivity index (χ1n) is 9.40. The Morgan fingerprint density at radius 3 is 2.77 bits per heavy atom. The average Bonchev–Trinajstić information content (AvgIpc) is 2.99. The van der Waals surface area contributed by atoms with Gasteiger partial charge in [-0.05, 0) is 30.9 Å². The molecular weight excluding hydrogens is 330 g/mol. The van der Waals surface area contributed by atoms with Gasteiger partial charge in [-0.15, -0.1) is 0 Å². The molecule has 2 N–H and O–H groups in total. The second-order valence-electron chi connectivity index (χ2n) is 7.95. The van der Waals surface area contributed by atoms with Gasteiger partial charge in [-0.3, -0.25) is 9.59 Å². The molecule has 0 bridgehead atoms. The van der Waals surface area contributed by atoms with Crippen LogP contribution in [0.3, 0.4) is 0 Å². The number of hydrogen-bond acceptors (Lipinski definition) is 4. The van der Waals surface area contributed by atoms with E-state index in [0.29, 0.717) is 32.0 Å². The molecule has 0 aliphatic carbocycles. The number of amides is 2. The van der Waals surface area contributed by atoms with Crippen LogP contribution in [0.4, 0.5) is 5.69 Å². The quantitative estimate of drug-likeness (QED) is 0.892. The number of piperidine rings is 1. The maximum atomic E-state index is 13.0. The van der Waals surface area contributed by atoms with Crippen molar-refractivity contribution in [2.24, 2.45) is 17.1 Å². The van der Waals surface area contributed by atoms with E-state index in [9.17, 15) is 9.59 Å². The minimum atomic E-state index is -0.303. The number of ether oxygens (including phenoxy) is 1. The van der Waals surface area contributed by atoms with E-state index in [4.69, 9.17) is 10.5 Å². The molecule has 2 aliphatic rings. The van der Waals surface area contributed by atoms with Crippen molar-refractivity contribution < 1.29 is 14.3 Å². The number of carbonyl (C=O) groups is 2. The van der Waals surface area contributed by atoms with Gasteiger partial charge in [0.25, 0.3) is 0 Å².